The van der Waals surface area contributed by atoms with Crippen LogP contribution >= 0.6 is 11.3 Å². The normalized spacial score (nSPS) is 11.9. The van der Waals surface area contributed by atoms with Crippen molar-refractivity contribution in [1.82, 2.24) is 9.80 Å². The van der Waals surface area contributed by atoms with Crippen LogP contribution in [0, 0.1) is 0 Å². The van der Waals surface area contributed by atoms with Gasteiger partial charge in [0, 0.05) is 18.5 Å². The van der Waals surface area contributed by atoms with Crippen LogP contribution in [0.4, 0.5) is 0 Å². The molecule has 0 aliphatic heterocycles. The Balaban J connectivity index is 2.47. The predicted molar refractivity (Wildman–Crippen MR) is 79.2 cm³/mol. The van der Waals surface area contributed by atoms with E-state index in [4.69, 9.17) is 0 Å². The molecule has 1 heterocycles. The highest BCUT2D eigenvalue weighted by molar-refractivity contribution is 7.09. The minimum absolute atomic E-state index is 0.0829. The largest absolute Gasteiger partial charge is 0.389 e. The Kier molecular flexibility index (Phi) is 5.97. The van der Waals surface area contributed by atoms with Crippen LogP contribution in [0.25, 0.3) is 0 Å². The van der Waals surface area contributed by atoms with Crippen LogP contribution in [0.15, 0.2) is 17.5 Å². The minimum Gasteiger partial charge on any atom is -0.389 e. The number of hydrogen-bond acceptors (Lipinski definition) is 4. The SMILES string of the molecule is CCN(CC(=O)N(C)Cc1cccs1)CC(C)(C)O. The summed E-state index contributed by atoms with van der Waals surface area (Å²) in [5.41, 5.74) is -0.775. The van der Waals surface area contributed by atoms with Gasteiger partial charge in [0.25, 0.3) is 0 Å². The van der Waals surface area contributed by atoms with Crippen molar-refractivity contribution in [3.8, 4) is 0 Å². The molecule has 0 saturated heterocycles. The van der Waals surface area contributed by atoms with Crippen molar-refractivity contribution in [2.45, 2.75) is 32.9 Å². The van der Waals surface area contributed by atoms with Gasteiger partial charge in [0.1, 0.15) is 0 Å². The number of amides is 1. The maximum absolute atomic E-state index is 12.1. The first-order valence-electron chi connectivity index (χ1n) is 6.53. The number of thiophene rings is 1. The molecule has 0 aromatic carbocycles. The van der Waals surface area contributed by atoms with Gasteiger partial charge < -0.3 is 10.0 Å². The zero-order valence-electron chi connectivity index (χ0n) is 12.2. The lowest BCUT2D eigenvalue weighted by atomic mass is 10.1. The third kappa shape index (κ3) is 6.18. The Hall–Kier alpha value is -0.910. The van der Waals surface area contributed by atoms with Crippen LogP contribution in [0.1, 0.15) is 25.6 Å². The number of carbonyl (C=O) groups excluding carboxylic acids is 1. The van der Waals surface area contributed by atoms with Gasteiger partial charge in [-0.25, -0.2) is 0 Å². The molecule has 0 fully saturated rings. The van der Waals surface area contributed by atoms with Crippen LogP contribution in [0.3, 0.4) is 0 Å². The fourth-order valence-corrected chi connectivity index (χ4v) is 2.62. The molecule has 1 amide bonds. The second-order valence-electron chi connectivity index (χ2n) is 5.44. The molecule has 0 radical (unpaired) electrons. The molecule has 0 unspecified atom stereocenters. The molecular weight excluding hydrogens is 260 g/mol. The predicted octanol–water partition coefficient (Wildman–Crippen LogP) is 1.80. The Labute approximate surface area is 119 Å². The van der Waals surface area contributed by atoms with E-state index in [1.54, 1.807) is 30.1 Å². The molecule has 0 bridgehead atoms. The summed E-state index contributed by atoms with van der Waals surface area (Å²) in [4.78, 5) is 17.0. The number of rotatable bonds is 7. The van der Waals surface area contributed by atoms with Gasteiger partial charge in [-0.1, -0.05) is 13.0 Å². The van der Waals surface area contributed by atoms with Crippen molar-refractivity contribution in [1.29, 1.82) is 0 Å². The molecule has 1 aromatic rings. The van der Waals surface area contributed by atoms with Crippen molar-refractivity contribution >= 4 is 17.2 Å². The number of likely N-dealkylation sites (N-methyl/N-ethyl adjacent to an activating group) is 2. The van der Waals surface area contributed by atoms with Gasteiger partial charge in [-0.3, -0.25) is 9.69 Å². The molecule has 108 valence electrons. The molecule has 5 heteroatoms. The van der Waals surface area contributed by atoms with Crippen LogP contribution < -0.4 is 0 Å². The van der Waals surface area contributed by atoms with E-state index in [1.165, 1.54) is 4.88 Å². The number of aliphatic hydroxyl groups is 1. The first-order valence-corrected chi connectivity index (χ1v) is 7.41. The lowest BCUT2D eigenvalue weighted by molar-refractivity contribution is -0.132. The smallest absolute Gasteiger partial charge is 0.236 e. The highest BCUT2D eigenvalue weighted by Crippen LogP contribution is 2.11. The van der Waals surface area contributed by atoms with Crippen LogP contribution in [0.2, 0.25) is 0 Å². The van der Waals surface area contributed by atoms with Crippen molar-refractivity contribution in [3.05, 3.63) is 22.4 Å². The second kappa shape index (κ2) is 7.03. The van der Waals surface area contributed by atoms with Crippen molar-refractivity contribution in [2.24, 2.45) is 0 Å². The molecule has 4 nitrogen and oxygen atoms in total. The molecular formula is C14H24N2O2S. The van der Waals surface area contributed by atoms with Gasteiger partial charge in [-0.05, 0) is 31.8 Å². The van der Waals surface area contributed by atoms with E-state index in [1.807, 2.05) is 36.4 Å². The monoisotopic (exact) mass is 284 g/mol. The molecule has 0 spiro atoms. The summed E-state index contributed by atoms with van der Waals surface area (Å²) in [6, 6.07) is 4.02. The van der Waals surface area contributed by atoms with Crippen molar-refractivity contribution < 1.29 is 9.90 Å². The molecule has 0 aliphatic carbocycles. The van der Waals surface area contributed by atoms with Crippen LogP contribution in [-0.2, 0) is 11.3 Å². The Morgan fingerprint density at radius 1 is 1.47 bits per heavy atom. The maximum Gasteiger partial charge on any atom is 0.236 e. The Morgan fingerprint density at radius 3 is 2.63 bits per heavy atom. The lowest BCUT2D eigenvalue weighted by Gasteiger charge is -2.29. The highest BCUT2D eigenvalue weighted by Gasteiger charge is 2.20. The van der Waals surface area contributed by atoms with Gasteiger partial charge in [0.15, 0.2) is 0 Å². The zero-order valence-corrected chi connectivity index (χ0v) is 13.0. The van der Waals surface area contributed by atoms with E-state index in [-0.39, 0.29) is 5.91 Å². The Morgan fingerprint density at radius 2 is 2.16 bits per heavy atom. The third-order valence-electron chi connectivity index (χ3n) is 2.82. The molecule has 1 aromatic heterocycles. The number of carbonyl (C=O) groups is 1. The van der Waals surface area contributed by atoms with Crippen LogP contribution in [0.5, 0.6) is 0 Å². The van der Waals surface area contributed by atoms with Crippen molar-refractivity contribution in [2.75, 3.05) is 26.7 Å². The van der Waals surface area contributed by atoms with E-state index in [9.17, 15) is 9.90 Å². The maximum atomic E-state index is 12.1. The summed E-state index contributed by atoms with van der Waals surface area (Å²) in [6.07, 6.45) is 0. The summed E-state index contributed by atoms with van der Waals surface area (Å²) >= 11 is 1.66. The molecule has 1 rings (SSSR count). The number of hydrogen-bond donors (Lipinski definition) is 1. The minimum atomic E-state index is -0.775. The molecule has 0 aliphatic rings. The van der Waals surface area contributed by atoms with Gasteiger partial charge in [0.2, 0.25) is 5.91 Å². The van der Waals surface area contributed by atoms with E-state index in [2.05, 4.69) is 0 Å². The average molecular weight is 284 g/mol. The topological polar surface area (TPSA) is 43.8 Å². The average Bonchev–Trinajstić information content (AvgIpc) is 2.78. The van der Waals surface area contributed by atoms with Crippen LogP contribution in [-0.4, -0.2) is 53.1 Å². The quantitative estimate of drug-likeness (QED) is 0.830. The fourth-order valence-electron chi connectivity index (χ4n) is 1.86. The molecule has 19 heavy (non-hydrogen) atoms. The van der Waals surface area contributed by atoms with Gasteiger partial charge in [-0.2, -0.15) is 0 Å². The number of nitrogens with zero attached hydrogens (tertiary/aromatic N) is 2. The van der Waals surface area contributed by atoms with Gasteiger partial charge in [-0.15, -0.1) is 11.3 Å². The first-order chi connectivity index (χ1) is 8.81. The fraction of sp³-hybridized carbons (Fsp3) is 0.643. The van der Waals surface area contributed by atoms with Gasteiger partial charge in [0.05, 0.1) is 18.7 Å². The molecule has 0 saturated carbocycles. The summed E-state index contributed by atoms with van der Waals surface area (Å²) in [6.45, 7) is 7.77. The highest BCUT2D eigenvalue weighted by atomic mass is 32.1. The van der Waals surface area contributed by atoms with E-state index < -0.39 is 5.60 Å². The summed E-state index contributed by atoms with van der Waals surface area (Å²) < 4.78 is 0. The van der Waals surface area contributed by atoms with E-state index in [0.717, 1.165) is 6.54 Å². The summed E-state index contributed by atoms with van der Waals surface area (Å²) in [7, 11) is 1.82. The van der Waals surface area contributed by atoms with E-state index >= 15 is 0 Å². The standard InChI is InChI=1S/C14H24N2O2S/c1-5-16(11-14(2,3)18)10-13(17)15(4)9-12-7-6-8-19-12/h6-8,18H,5,9-11H2,1-4H3. The Bertz CT molecular complexity index is 385. The molecule has 1 N–H and O–H groups in total. The lowest BCUT2D eigenvalue weighted by Crippen LogP contribution is -2.44. The zero-order chi connectivity index (χ0) is 14.5. The molecule has 0 atom stereocenters. The summed E-state index contributed by atoms with van der Waals surface area (Å²) in [5.74, 6) is 0.0829. The third-order valence-corrected chi connectivity index (χ3v) is 3.68. The summed E-state index contributed by atoms with van der Waals surface area (Å²) in [5, 5.41) is 11.8. The van der Waals surface area contributed by atoms with Gasteiger partial charge >= 0.3 is 0 Å². The van der Waals surface area contributed by atoms with Crippen molar-refractivity contribution in [3.63, 3.8) is 0 Å². The van der Waals surface area contributed by atoms with E-state index in [0.29, 0.717) is 19.6 Å². The second-order valence-corrected chi connectivity index (χ2v) is 6.48. The first kappa shape index (κ1) is 16.1.